The van der Waals surface area contributed by atoms with E-state index in [1.807, 2.05) is 6.07 Å². The highest BCUT2D eigenvalue weighted by atomic mass is 16.3. The molecule has 0 unspecified atom stereocenters. The number of amides is 1. The molecule has 5 nitrogen and oxygen atoms in total. The molecule has 0 spiro atoms. The van der Waals surface area contributed by atoms with Crippen LogP contribution in [0, 0.1) is 0 Å². The zero-order valence-electron chi connectivity index (χ0n) is 9.48. The van der Waals surface area contributed by atoms with Gasteiger partial charge >= 0.3 is 0 Å². The van der Waals surface area contributed by atoms with Crippen LogP contribution in [0.5, 0.6) is 0 Å². The second-order valence-electron chi connectivity index (χ2n) is 3.31. The van der Waals surface area contributed by atoms with E-state index in [0.717, 1.165) is 5.76 Å². The number of carbonyl (C=O) groups is 1. The van der Waals surface area contributed by atoms with E-state index in [2.05, 4.69) is 15.5 Å². The minimum atomic E-state index is -0.349. The van der Waals surface area contributed by atoms with Gasteiger partial charge in [0, 0.05) is 12.4 Å². The number of rotatable bonds is 4. The molecule has 0 aliphatic heterocycles. The fourth-order valence-corrected chi connectivity index (χ4v) is 1.22. The number of pyridine rings is 1. The third-order valence-electron chi connectivity index (χ3n) is 2.03. The monoisotopic (exact) mass is 241 g/mol. The van der Waals surface area contributed by atoms with E-state index in [-0.39, 0.29) is 5.91 Å². The Bertz CT molecular complexity index is 545. The Kier molecular flexibility index (Phi) is 4.02. The lowest BCUT2D eigenvalue weighted by Gasteiger charge is -1.96. The summed E-state index contributed by atoms with van der Waals surface area (Å²) in [6.07, 6.45) is 7.99. The first kappa shape index (κ1) is 11.8. The molecule has 90 valence electrons. The maximum atomic E-state index is 11.5. The summed E-state index contributed by atoms with van der Waals surface area (Å²) in [5.74, 6) is 0.371. The summed E-state index contributed by atoms with van der Waals surface area (Å²) in [5.41, 5.74) is 2.69. The molecule has 1 N–H and O–H groups in total. The second kappa shape index (κ2) is 6.15. The molecular formula is C13H11N3O2. The van der Waals surface area contributed by atoms with Crippen molar-refractivity contribution in [3.8, 4) is 0 Å². The lowest BCUT2D eigenvalue weighted by Crippen LogP contribution is -2.18. The van der Waals surface area contributed by atoms with Gasteiger partial charge in [-0.25, -0.2) is 5.43 Å². The van der Waals surface area contributed by atoms with Crippen LogP contribution < -0.4 is 5.43 Å². The van der Waals surface area contributed by atoms with Crippen LogP contribution in [0.25, 0.3) is 6.08 Å². The molecular weight excluding hydrogens is 230 g/mol. The first-order valence-corrected chi connectivity index (χ1v) is 5.31. The fourth-order valence-electron chi connectivity index (χ4n) is 1.22. The van der Waals surface area contributed by atoms with Gasteiger partial charge in [-0.15, -0.1) is 0 Å². The SMILES string of the molecule is O=C(N/N=C\C=Cc1ccco1)c1ccccn1. The Balaban J connectivity index is 1.83. The third-order valence-corrected chi connectivity index (χ3v) is 2.03. The van der Waals surface area contributed by atoms with Crippen LogP contribution in [0.3, 0.4) is 0 Å². The molecule has 0 aliphatic rings. The fraction of sp³-hybridized carbons (Fsp3) is 0. The summed E-state index contributed by atoms with van der Waals surface area (Å²) < 4.78 is 5.08. The molecule has 1 amide bonds. The normalized spacial score (nSPS) is 11.1. The van der Waals surface area contributed by atoms with Gasteiger partial charge in [-0.2, -0.15) is 5.10 Å². The van der Waals surface area contributed by atoms with Gasteiger partial charge in [-0.3, -0.25) is 9.78 Å². The lowest BCUT2D eigenvalue weighted by molar-refractivity contribution is 0.0950. The molecule has 2 rings (SSSR count). The van der Waals surface area contributed by atoms with Gasteiger partial charge in [0.15, 0.2) is 0 Å². The number of carbonyl (C=O) groups excluding carboxylic acids is 1. The number of aromatic nitrogens is 1. The standard InChI is InChI=1S/C13H11N3O2/c17-13(12-7-1-2-8-14-12)16-15-9-3-5-11-6-4-10-18-11/h1-10H,(H,16,17)/b5-3?,15-9-. The van der Waals surface area contributed by atoms with Crippen LogP contribution in [0.15, 0.2) is 58.4 Å². The quantitative estimate of drug-likeness (QED) is 0.658. The Labute approximate surface area is 104 Å². The van der Waals surface area contributed by atoms with Crippen molar-refractivity contribution in [3.63, 3.8) is 0 Å². The average molecular weight is 241 g/mol. The summed E-state index contributed by atoms with van der Waals surface area (Å²) in [6, 6.07) is 8.70. The Hall–Kier alpha value is -2.69. The smallest absolute Gasteiger partial charge is 0.289 e. The van der Waals surface area contributed by atoms with Crippen LogP contribution in [0.1, 0.15) is 16.2 Å². The largest absolute Gasteiger partial charge is 0.465 e. The number of allylic oxidation sites excluding steroid dienone is 1. The van der Waals surface area contributed by atoms with Crippen LogP contribution in [-0.2, 0) is 0 Å². The van der Waals surface area contributed by atoms with Crippen molar-refractivity contribution in [1.82, 2.24) is 10.4 Å². The first-order valence-electron chi connectivity index (χ1n) is 5.31. The molecule has 2 heterocycles. The maximum absolute atomic E-state index is 11.5. The Morgan fingerprint density at radius 1 is 1.33 bits per heavy atom. The third kappa shape index (κ3) is 3.41. The topological polar surface area (TPSA) is 67.5 Å². The van der Waals surface area contributed by atoms with E-state index in [0.29, 0.717) is 5.69 Å². The number of hydrazone groups is 1. The lowest BCUT2D eigenvalue weighted by atomic mass is 10.3. The zero-order chi connectivity index (χ0) is 12.6. The molecule has 0 fully saturated rings. The van der Waals surface area contributed by atoms with Gasteiger partial charge in [-0.1, -0.05) is 6.07 Å². The van der Waals surface area contributed by atoms with Crippen LogP contribution in [0.2, 0.25) is 0 Å². The van der Waals surface area contributed by atoms with Crippen LogP contribution >= 0.6 is 0 Å². The van der Waals surface area contributed by atoms with E-state index in [1.54, 1.807) is 48.9 Å². The minimum absolute atomic E-state index is 0.324. The van der Waals surface area contributed by atoms with Crippen molar-refractivity contribution in [2.75, 3.05) is 0 Å². The molecule has 0 radical (unpaired) electrons. The summed E-state index contributed by atoms with van der Waals surface area (Å²) in [4.78, 5) is 15.4. The average Bonchev–Trinajstić information content (AvgIpc) is 2.92. The van der Waals surface area contributed by atoms with Gasteiger partial charge in [0.25, 0.3) is 5.91 Å². The zero-order valence-corrected chi connectivity index (χ0v) is 9.48. The van der Waals surface area contributed by atoms with Crippen molar-refractivity contribution in [2.24, 2.45) is 5.10 Å². The van der Waals surface area contributed by atoms with Gasteiger partial charge in [-0.05, 0) is 36.4 Å². The minimum Gasteiger partial charge on any atom is -0.465 e. The van der Waals surface area contributed by atoms with Gasteiger partial charge < -0.3 is 4.42 Å². The maximum Gasteiger partial charge on any atom is 0.289 e. The molecule has 2 aromatic heterocycles. The number of nitrogens with one attached hydrogen (secondary N) is 1. The predicted molar refractivity (Wildman–Crippen MR) is 67.9 cm³/mol. The van der Waals surface area contributed by atoms with Crippen LogP contribution in [0.4, 0.5) is 0 Å². The Morgan fingerprint density at radius 2 is 2.28 bits per heavy atom. The van der Waals surface area contributed by atoms with Gasteiger partial charge in [0.2, 0.25) is 0 Å². The van der Waals surface area contributed by atoms with Crippen molar-refractivity contribution < 1.29 is 9.21 Å². The molecule has 5 heteroatoms. The van der Waals surface area contributed by atoms with E-state index in [9.17, 15) is 4.79 Å². The van der Waals surface area contributed by atoms with E-state index in [4.69, 9.17) is 4.42 Å². The number of nitrogens with zero attached hydrogens (tertiary/aromatic N) is 2. The van der Waals surface area contributed by atoms with E-state index in [1.165, 1.54) is 6.21 Å². The van der Waals surface area contributed by atoms with Crippen LogP contribution in [-0.4, -0.2) is 17.1 Å². The summed E-state index contributed by atoms with van der Waals surface area (Å²) in [6.45, 7) is 0. The molecule has 0 atom stereocenters. The Morgan fingerprint density at radius 3 is 3.00 bits per heavy atom. The van der Waals surface area contributed by atoms with E-state index >= 15 is 0 Å². The van der Waals surface area contributed by atoms with Gasteiger partial charge in [0.05, 0.1) is 6.26 Å². The molecule has 0 bridgehead atoms. The second-order valence-corrected chi connectivity index (χ2v) is 3.31. The number of hydrogen-bond donors (Lipinski definition) is 1. The highest BCUT2D eigenvalue weighted by Gasteiger charge is 2.02. The highest BCUT2D eigenvalue weighted by molar-refractivity contribution is 5.92. The van der Waals surface area contributed by atoms with E-state index < -0.39 is 0 Å². The van der Waals surface area contributed by atoms with Crippen molar-refractivity contribution in [1.29, 1.82) is 0 Å². The number of hydrogen-bond acceptors (Lipinski definition) is 4. The molecule has 18 heavy (non-hydrogen) atoms. The molecule has 2 aromatic rings. The van der Waals surface area contributed by atoms with Crippen molar-refractivity contribution in [2.45, 2.75) is 0 Å². The molecule has 0 aliphatic carbocycles. The summed E-state index contributed by atoms with van der Waals surface area (Å²) in [7, 11) is 0. The van der Waals surface area contributed by atoms with Gasteiger partial charge in [0.1, 0.15) is 11.5 Å². The first-order chi connectivity index (χ1) is 8.86. The summed E-state index contributed by atoms with van der Waals surface area (Å²) >= 11 is 0. The molecule has 0 saturated heterocycles. The van der Waals surface area contributed by atoms with Crippen molar-refractivity contribution in [3.05, 3.63) is 60.3 Å². The van der Waals surface area contributed by atoms with Crippen molar-refractivity contribution >= 4 is 18.2 Å². The highest BCUT2D eigenvalue weighted by Crippen LogP contribution is 2.00. The number of furan rings is 1. The molecule has 0 aromatic carbocycles. The summed E-state index contributed by atoms with van der Waals surface area (Å²) in [5, 5.41) is 3.75. The predicted octanol–water partition coefficient (Wildman–Crippen LogP) is 2.10. The molecule has 0 saturated carbocycles.